The van der Waals surface area contributed by atoms with Crippen molar-refractivity contribution in [2.45, 2.75) is 90.4 Å². The van der Waals surface area contributed by atoms with Crippen molar-refractivity contribution in [3.63, 3.8) is 0 Å². The lowest BCUT2D eigenvalue weighted by Gasteiger charge is -2.03. The third kappa shape index (κ3) is 6.14. The second-order valence-electron chi connectivity index (χ2n) is 7.48. The first kappa shape index (κ1) is 22.0. The molecule has 0 saturated heterocycles. The van der Waals surface area contributed by atoms with Gasteiger partial charge in [0.25, 0.3) is 0 Å². The topological polar surface area (TPSA) is 102 Å². The molecule has 0 radical (unpaired) electrons. The monoisotopic (exact) mass is 391 g/mol. The van der Waals surface area contributed by atoms with Crippen LogP contribution in [0.1, 0.15) is 100 Å². The van der Waals surface area contributed by atoms with Crippen LogP contribution in [0.25, 0.3) is 5.65 Å². The molecule has 0 amide bonds. The molecule has 8 heteroatoms. The van der Waals surface area contributed by atoms with Crippen molar-refractivity contribution in [3.8, 4) is 0 Å². The zero-order valence-corrected chi connectivity index (χ0v) is 17.2. The first-order valence-corrected chi connectivity index (χ1v) is 10.6. The number of carboxylic acids is 1. The largest absolute Gasteiger partial charge is 0.476 e. The van der Waals surface area contributed by atoms with Gasteiger partial charge in [-0.2, -0.15) is 4.68 Å². The summed E-state index contributed by atoms with van der Waals surface area (Å²) in [6.07, 6.45) is 15.6. The van der Waals surface area contributed by atoms with E-state index in [1.807, 2.05) is 0 Å². The number of unbranched alkanes of at least 4 members (excludes halogenated alkanes) is 11. The van der Waals surface area contributed by atoms with Gasteiger partial charge >= 0.3 is 11.7 Å². The summed E-state index contributed by atoms with van der Waals surface area (Å²) in [5, 5.41) is 16.8. The molecule has 2 heterocycles. The minimum atomic E-state index is -1.19. The predicted molar refractivity (Wildman–Crippen MR) is 108 cm³/mol. The summed E-state index contributed by atoms with van der Waals surface area (Å²) in [5.74, 6) is -0.740. The van der Waals surface area contributed by atoms with Crippen molar-refractivity contribution in [2.24, 2.45) is 7.05 Å². The fraction of sp³-hybridized carbons (Fsp3) is 0.750. The fourth-order valence-electron chi connectivity index (χ4n) is 3.48. The predicted octanol–water partition coefficient (Wildman–Crippen LogP) is 3.76. The van der Waals surface area contributed by atoms with E-state index in [0.717, 1.165) is 23.9 Å². The SMILES string of the molecule is CCCCCCCCCCCCCCc1nc(C(=O)O)c2nnn(C)c(=O)n12. The molecule has 0 saturated carbocycles. The third-order valence-electron chi connectivity index (χ3n) is 5.12. The van der Waals surface area contributed by atoms with Gasteiger partial charge < -0.3 is 5.11 Å². The number of imidazole rings is 1. The van der Waals surface area contributed by atoms with Gasteiger partial charge in [-0.15, -0.1) is 5.10 Å². The molecule has 0 aliphatic heterocycles. The van der Waals surface area contributed by atoms with E-state index in [4.69, 9.17) is 0 Å². The maximum Gasteiger partial charge on any atom is 0.358 e. The average molecular weight is 392 g/mol. The minimum Gasteiger partial charge on any atom is -0.476 e. The van der Waals surface area contributed by atoms with Crippen LogP contribution >= 0.6 is 0 Å². The van der Waals surface area contributed by atoms with Gasteiger partial charge in [0.2, 0.25) is 0 Å². The summed E-state index contributed by atoms with van der Waals surface area (Å²) in [4.78, 5) is 27.8. The Hall–Kier alpha value is -2.25. The van der Waals surface area contributed by atoms with Crippen molar-refractivity contribution in [1.29, 1.82) is 0 Å². The smallest absolute Gasteiger partial charge is 0.358 e. The van der Waals surface area contributed by atoms with Gasteiger partial charge in [0, 0.05) is 13.5 Å². The highest BCUT2D eigenvalue weighted by Crippen LogP contribution is 2.14. The molecule has 2 rings (SSSR count). The summed E-state index contributed by atoms with van der Waals surface area (Å²) in [5.41, 5.74) is -0.609. The van der Waals surface area contributed by atoms with Gasteiger partial charge in [0.05, 0.1) is 0 Å². The molecule has 0 aromatic carbocycles. The quantitative estimate of drug-likeness (QED) is 0.492. The number of nitrogens with zero attached hydrogens (tertiary/aromatic N) is 5. The molecule has 2 aromatic heterocycles. The van der Waals surface area contributed by atoms with E-state index in [2.05, 4.69) is 22.2 Å². The number of carboxylic acid groups (broad SMARTS) is 1. The maximum absolute atomic E-state index is 12.3. The Morgan fingerprint density at radius 3 is 2.00 bits per heavy atom. The van der Waals surface area contributed by atoms with Gasteiger partial charge in [-0.25, -0.2) is 19.0 Å². The summed E-state index contributed by atoms with van der Waals surface area (Å²) in [7, 11) is 1.49. The van der Waals surface area contributed by atoms with Gasteiger partial charge in [0.15, 0.2) is 11.3 Å². The summed E-state index contributed by atoms with van der Waals surface area (Å²) < 4.78 is 2.36. The molecule has 28 heavy (non-hydrogen) atoms. The van der Waals surface area contributed by atoms with Crippen molar-refractivity contribution in [2.75, 3.05) is 0 Å². The van der Waals surface area contributed by atoms with Crippen LogP contribution in [0, 0.1) is 0 Å². The number of aryl methyl sites for hydroxylation is 2. The van der Waals surface area contributed by atoms with Crippen LogP contribution in [0.4, 0.5) is 0 Å². The van der Waals surface area contributed by atoms with Crippen molar-refractivity contribution >= 4 is 11.6 Å². The minimum absolute atomic E-state index is 0.0181. The van der Waals surface area contributed by atoms with E-state index in [9.17, 15) is 14.7 Å². The molecule has 0 atom stereocenters. The Morgan fingerprint density at radius 1 is 0.929 bits per heavy atom. The maximum atomic E-state index is 12.3. The van der Waals surface area contributed by atoms with Crippen LogP contribution in [0.5, 0.6) is 0 Å². The number of rotatable bonds is 14. The van der Waals surface area contributed by atoms with E-state index in [0.29, 0.717) is 12.2 Å². The van der Waals surface area contributed by atoms with Crippen LogP contribution < -0.4 is 5.69 Å². The number of fused-ring (bicyclic) bond motifs is 1. The molecule has 0 spiro atoms. The fourth-order valence-corrected chi connectivity index (χ4v) is 3.48. The van der Waals surface area contributed by atoms with E-state index < -0.39 is 11.7 Å². The normalized spacial score (nSPS) is 11.4. The summed E-state index contributed by atoms with van der Waals surface area (Å²) in [6.45, 7) is 2.24. The molecule has 156 valence electrons. The van der Waals surface area contributed by atoms with Crippen LogP contribution in [0.15, 0.2) is 4.79 Å². The van der Waals surface area contributed by atoms with E-state index in [1.165, 1.54) is 69.2 Å². The molecular weight excluding hydrogens is 358 g/mol. The lowest BCUT2D eigenvalue weighted by molar-refractivity contribution is 0.0692. The number of aromatic carboxylic acids is 1. The molecule has 2 aromatic rings. The van der Waals surface area contributed by atoms with Crippen LogP contribution in [0.3, 0.4) is 0 Å². The molecule has 0 bridgehead atoms. The molecule has 0 aliphatic rings. The molecule has 0 unspecified atom stereocenters. The van der Waals surface area contributed by atoms with Crippen molar-refractivity contribution in [1.82, 2.24) is 24.4 Å². The second kappa shape index (κ2) is 11.6. The standard InChI is InChI=1S/C20H33N5O3/c1-3-4-5-6-7-8-9-10-11-12-13-14-15-16-21-17(19(26)27)18-22-23-24(2)20(28)25(16)18/h3-15H2,1-2H3,(H,26,27). The van der Waals surface area contributed by atoms with Crippen molar-refractivity contribution < 1.29 is 9.90 Å². The molecule has 0 fully saturated rings. The highest BCUT2D eigenvalue weighted by Gasteiger charge is 2.20. The Labute approximate surface area is 166 Å². The Bertz CT molecular complexity index is 812. The lowest BCUT2D eigenvalue weighted by atomic mass is 10.0. The van der Waals surface area contributed by atoms with Gasteiger partial charge in [-0.1, -0.05) is 82.8 Å². The summed E-state index contributed by atoms with van der Waals surface area (Å²) >= 11 is 0. The Kier molecular flexibility index (Phi) is 9.10. The molecule has 1 N–H and O–H groups in total. The van der Waals surface area contributed by atoms with Crippen LogP contribution in [-0.2, 0) is 13.5 Å². The van der Waals surface area contributed by atoms with Gasteiger partial charge in [-0.05, 0) is 6.42 Å². The first-order valence-electron chi connectivity index (χ1n) is 10.6. The van der Waals surface area contributed by atoms with Crippen LogP contribution in [0.2, 0.25) is 0 Å². The summed E-state index contributed by atoms with van der Waals surface area (Å²) in [6, 6.07) is 0. The second-order valence-corrected chi connectivity index (χ2v) is 7.48. The first-order chi connectivity index (χ1) is 13.6. The third-order valence-corrected chi connectivity index (χ3v) is 5.12. The zero-order valence-electron chi connectivity index (χ0n) is 17.2. The van der Waals surface area contributed by atoms with E-state index >= 15 is 0 Å². The molecule has 0 aliphatic carbocycles. The Balaban J connectivity index is 1.72. The number of hydrogen-bond acceptors (Lipinski definition) is 5. The number of hydrogen-bond donors (Lipinski definition) is 1. The van der Waals surface area contributed by atoms with Gasteiger partial charge in [0.1, 0.15) is 5.82 Å². The number of carbonyl (C=O) groups is 1. The van der Waals surface area contributed by atoms with Crippen molar-refractivity contribution in [3.05, 3.63) is 22.0 Å². The van der Waals surface area contributed by atoms with Gasteiger partial charge in [-0.3, -0.25) is 0 Å². The Morgan fingerprint density at radius 2 is 1.46 bits per heavy atom. The van der Waals surface area contributed by atoms with E-state index in [-0.39, 0.29) is 11.3 Å². The zero-order chi connectivity index (χ0) is 20.4. The highest BCUT2D eigenvalue weighted by atomic mass is 16.4. The molecular formula is C20H33N5O3. The molecule has 8 nitrogen and oxygen atoms in total. The van der Waals surface area contributed by atoms with Crippen LogP contribution in [-0.4, -0.2) is 35.5 Å². The average Bonchev–Trinajstić information content (AvgIpc) is 3.05. The van der Waals surface area contributed by atoms with E-state index in [1.54, 1.807) is 0 Å². The highest BCUT2D eigenvalue weighted by molar-refractivity contribution is 5.92. The number of aromatic nitrogens is 5. The lowest BCUT2D eigenvalue weighted by Crippen LogP contribution is -2.28.